The first-order valence-electron chi connectivity index (χ1n) is 26.5. The zero-order chi connectivity index (χ0) is 42.5. The van der Waals surface area contributed by atoms with Gasteiger partial charge in [-0.2, -0.15) is 0 Å². The normalized spacial score (nSPS) is 47.4. The minimum absolute atomic E-state index is 0.546. The van der Waals surface area contributed by atoms with Gasteiger partial charge in [-0.25, -0.2) is 4.79 Å². The van der Waals surface area contributed by atoms with E-state index in [1.165, 1.54) is 141 Å². The lowest BCUT2D eigenvalue weighted by Crippen LogP contribution is -2.55. The van der Waals surface area contributed by atoms with Crippen molar-refractivity contribution >= 4 is 6.16 Å². The van der Waals surface area contributed by atoms with Crippen LogP contribution in [0.3, 0.4) is 0 Å². The predicted octanol–water partition coefficient (Wildman–Crippen LogP) is 16.2. The van der Waals surface area contributed by atoms with Crippen LogP contribution in [0, 0.1) is 105 Å². The third kappa shape index (κ3) is 9.01. The van der Waals surface area contributed by atoms with Gasteiger partial charge in [-0.1, -0.05) is 108 Å². The molecule has 10 unspecified atom stereocenters. The summed E-state index contributed by atoms with van der Waals surface area (Å²) in [6.45, 7) is 26.1. The second-order valence-corrected chi connectivity index (χ2v) is 25.6. The van der Waals surface area contributed by atoms with Gasteiger partial charge < -0.3 is 14.9 Å². The molecule has 0 aliphatic heterocycles. The van der Waals surface area contributed by atoms with Crippen LogP contribution >= 0.6 is 0 Å². The Balaban J connectivity index is 0.00000126. The number of carboxylic acid groups (broad SMARTS) is 2. The van der Waals surface area contributed by atoms with E-state index in [9.17, 15) is 0 Å². The smallest absolute Gasteiger partial charge is 0.450 e. The maximum absolute atomic E-state index is 8.56. The van der Waals surface area contributed by atoms with E-state index < -0.39 is 6.16 Å². The quantitative estimate of drug-likeness (QED) is 0.206. The van der Waals surface area contributed by atoms with Gasteiger partial charge >= 0.3 is 6.16 Å². The first-order chi connectivity index (χ1) is 27.9. The van der Waals surface area contributed by atoms with Crippen molar-refractivity contribution in [3.8, 4) is 0 Å². The molecular weight excluding hydrogens is 725 g/mol. The van der Waals surface area contributed by atoms with Crippen molar-refractivity contribution in [2.45, 2.75) is 236 Å². The van der Waals surface area contributed by atoms with E-state index in [0.717, 1.165) is 82.9 Å². The van der Waals surface area contributed by atoms with E-state index in [1.807, 2.05) is 0 Å². The van der Waals surface area contributed by atoms with E-state index in [2.05, 4.69) is 69.2 Å². The lowest BCUT2D eigenvalue weighted by Gasteiger charge is -2.62. The molecule has 0 aromatic heterocycles. The number of ether oxygens (including phenoxy) is 1. The molecule has 8 aliphatic carbocycles. The van der Waals surface area contributed by atoms with Crippen LogP contribution < -0.4 is 0 Å². The highest BCUT2D eigenvalue weighted by molar-refractivity contribution is 5.53. The van der Waals surface area contributed by atoms with Gasteiger partial charge in [0.2, 0.25) is 0 Å². The van der Waals surface area contributed by atoms with Gasteiger partial charge in [-0.05, 0) is 220 Å². The molecular formula is C55H96O4. The summed E-state index contributed by atoms with van der Waals surface area (Å²) in [5, 5.41) is 13.9. The van der Waals surface area contributed by atoms with Crippen molar-refractivity contribution < 1.29 is 19.7 Å². The molecule has 4 nitrogen and oxygen atoms in total. The molecule has 0 amide bonds. The van der Waals surface area contributed by atoms with Gasteiger partial charge in [0.1, 0.15) is 0 Å². The summed E-state index contributed by atoms with van der Waals surface area (Å²) in [5.74, 6) is 13.4. The average molecular weight is 821 g/mol. The first kappa shape index (κ1) is 46.2. The largest absolute Gasteiger partial charge is 0.503 e. The maximum Gasteiger partial charge on any atom is 0.503 e. The Labute approximate surface area is 364 Å². The lowest BCUT2D eigenvalue weighted by molar-refractivity contribution is -0.168. The zero-order valence-corrected chi connectivity index (χ0v) is 40.4. The van der Waals surface area contributed by atoms with Crippen molar-refractivity contribution in [1.29, 1.82) is 0 Å². The molecule has 18 atom stereocenters. The molecule has 0 saturated heterocycles. The van der Waals surface area contributed by atoms with Crippen LogP contribution in [-0.4, -0.2) is 28.6 Å². The Bertz CT molecular complexity index is 1290. The fraction of sp³-hybridized carbons (Fsp3) is 0.982. The van der Waals surface area contributed by atoms with Crippen molar-refractivity contribution in [2.75, 3.05) is 0 Å². The van der Waals surface area contributed by atoms with Gasteiger partial charge in [-0.3, -0.25) is 0 Å². The van der Waals surface area contributed by atoms with Gasteiger partial charge in [0.05, 0.1) is 12.2 Å². The molecule has 4 heteroatoms. The molecule has 340 valence electrons. The standard InChI is InChI=1S/C54H94O.CH2O3/c1-35(2)13-11-15-37(5)45-21-23-47-43-19-17-39-33-41(25-29-51(39,7)49(43)27-31-53(45,47)9)55-42-26-30-52(8)40(34-42)18-20-44-48-24-22-46(38(6)16-12-14-36(3)4)54(48,10)32-28-50(44)52;2-1(3)4/h35-50H,11-34H2,1-10H3;(H2,2,3,4)/t37-,38-,39?,40?,41?,42?,43?,44?,45-,46-,47?,48?,49?,50?,51+,52+,53-,54-;/m1./s1. The fourth-order valence-corrected chi connectivity index (χ4v) is 19.0. The number of hydrogen-bond acceptors (Lipinski definition) is 2. The van der Waals surface area contributed by atoms with Gasteiger partial charge in [-0.15, -0.1) is 0 Å². The molecule has 0 aromatic carbocycles. The minimum Gasteiger partial charge on any atom is -0.450 e. The van der Waals surface area contributed by atoms with Crippen LogP contribution in [0.25, 0.3) is 0 Å². The zero-order valence-electron chi connectivity index (χ0n) is 40.4. The van der Waals surface area contributed by atoms with E-state index in [1.54, 1.807) is 12.8 Å². The second-order valence-electron chi connectivity index (χ2n) is 25.6. The Morgan fingerprint density at radius 3 is 1.22 bits per heavy atom. The van der Waals surface area contributed by atoms with Crippen molar-refractivity contribution in [1.82, 2.24) is 0 Å². The van der Waals surface area contributed by atoms with E-state index >= 15 is 0 Å². The van der Waals surface area contributed by atoms with Crippen molar-refractivity contribution in [3.63, 3.8) is 0 Å². The van der Waals surface area contributed by atoms with E-state index in [-0.39, 0.29) is 0 Å². The Kier molecular flexibility index (Phi) is 14.4. The Morgan fingerprint density at radius 1 is 0.492 bits per heavy atom. The highest BCUT2D eigenvalue weighted by Gasteiger charge is 2.63. The molecule has 8 rings (SSSR count). The molecule has 0 aromatic rings. The molecule has 8 aliphatic rings. The van der Waals surface area contributed by atoms with Gasteiger partial charge in [0, 0.05) is 0 Å². The summed E-state index contributed by atoms with van der Waals surface area (Å²) >= 11 is 0. The van der Waals surface area contributed by atoms with Crippen LogP contribution in [0.15, 0.2) is 0 Å². The summed E-state index contributed by atoms with van der Waals surface area (Å²) in [5.41, 5.74) is 2.40. The first-order valence-corrected chi connectivity index (χ1v) is 26.5. The van der Waals surface area contributed by atoms with Crippen LogP contribution in [0.4, 0.5) is 4.79 Å². The molecule has 0 radical (unpaired) electrons. The summed E-state index contributed by atoms with van der Waals surface area (Å²) < 4.78 is 7.34. The lowest BCUT2D eigenvalue weighted by atomic mass is 9.44. The van der Waals surface area contributed by atoms with Gasteiger partial charge in [0.25, 0.3) is 0 Å². The molecule has 2 N–H and O–H groups in total. The molecule has 0 bridgehead atoms. The van der Waals surface area contributed by atoms with Gasteiger partial charge in [0.15, 0.2) is 0 Å². The minimum atomic E-state index is -1.83. The summed E-state index contributed by atoms with van der Waals surface area (Å²) in [4.78, 5) is 8.56. The Hall–Kier alpha value is -0.770. The molecule has 0 spiro atoms. The third-order valence-electron chi connectivity index (χ3n) is 22.0. The Morgan fingerprint density at radius 2 is 0.847 bits per heavy atom. The number of carbonyl (C=O) groups is 1. The van der Waals surface area contributed by atoms with Crippen LogP contribution in [-0.2, 0) is 4.74 Å². The highest BCUT2D eigenvalue weighted by Crippen LogP contribution is 2.70. The maximum atomic E-state index is 8.56. The fourth-order valence-electron chi connectivity index (χ4n) is 19.0. The number of hydrogen-bond donors (Lipinski definition) is 2. The van der Waals surface area contributed by atoms with Crippen molar-refractivity contribution in [2.24, 2.45) is 105 Å². The topological polar surface area (TPSA) is 66.8 Å². The average Bonchev–Trinajstić information content (AvgIpc) is 3.71. The van der Waals surface area contributed by atoms with Crippen LogP contribution in [0.5, 0.6) is 0 Å². The highest BCUT2D eigenvalue weighted by atomic mass is 16.6. The monoisotopic (exact) mass is 821 g/mol. The van der Waals surface area contributed by atoms with E-state index in [0.29, 0.717) is 33.9 Å². The number of fused-ring (bicyclic) bond motifs is 10. The SMILES string of the molecule is CC(C)CCC[C@@H](C)[C@H]1CCC2C3CCC4CC(OC5CC[C@@]6(C)C(CCC7C6CC[C@@]6(C)C7CC[C@@H]6[C@H](C)CCCC(C)C)C5)CC[C@]4(C)C3CC[C@@]21C.O=C(O)O. The van der Waals surface area contributed by atoms with E-state index in [4.69, 9.17) is 19.7 Å². The summed E-state index contributed by atoms with van der Waals surface area (Å²) in [7, 11) is 0. The second kappa shape index (κ2) is 18.4. The summed E-state index contributed by atoms with van der Waals surface area (Å²) in [6, 6.07) is 0. The summed E-state index contributed by atoms with van der Waals surface area (Å²) in [6.07, 6.45) is 34.7. The van der Waals surface area contributed by atoms with Crippen molar-refractivity contribution in [3.05, 3.63) is 0 Å². The molecule has 59 heavy (non-hydrogen) atoms. The predicted molar refractivity (Wildman–Crippen MR) is 245 cm³/mol. The molecule has 0 heterocycles. The van der Waals surface area contributed by atoms with Crippen LogP contribution in [0.2, 0.25) is 0 Å². The molecule has 8 fully saturated rings. The van der Waals surface area contributed by atoms with Crippen LogP contribution in [0.1, 0.15) is 223 Å². The number of rotatable bonds is 12. The molecule has 8 saturated carbocycles. The third-order valence-corrected chi connectivity index (χ3v) is 22.0.